The molecule has 0 aliphatic heterocycles. The van der Waals surface area contributed by atoms with Gasteiger partial charge in [0.25, 0.3) is 0 Å². The lowest BCUT2D eigenvalue weighted by atomic mass is 9.95. The van der Waals surface area contributed by atoms with Crippen molar-refractivity contribution in [2.24, 2.45) is 5.73 Å². The number of aliphatic hydroxyl groups excluding tert-OH is 1. The minimum Gasteiger partial charge on any atom is -0.395 e. The fourth-order valence-electron chi connectivity index (χ4n) is 2.28. The minimum absolute atomic E-state index is 0.0243. The number of hydrogen-bond donors (Lipinski definition) is 2. The Bertz CT molecular complexity index is 286. The average molecular weight is 250 g/mol. The first kappa shape index (κ1) is 13.9. The van der Waals surface area contributed by atoms with Gasteiger partial charge in [0, 0.05) is 19.1 Å². The fraction of sp³-hybridized carbons (Fsp3) is 1.00. The van der Waals surface area contributed by atoms with Gasteiger partial charge in [-0.25, -0.2) is 8.42 Å². The Hall–Kier alpha value is -0.170. The van der Waals surface area contributed by atoms with Gasteiger partial charge in [0.2, 0.25) is 10.0 Å². The van der Waals surface area contributed by atoms with Crippen molar-refractivity contribution in [2.45, 2.75) is 38.1 Å². The first-order chi connectivity index (χ1) is 7.61. The first-order valence-electron chi connectivity index (χ1n) is 5.92. The summed E-state index contributed by atoms with van der Waals surface area (Å²) in [5.74, 6) is -0.0243. The lowest BCUT2D eigenvalue weighted by Crippen LogP contribution is -2.45. The van der Waals surface area contributed by atoms with Gasteiger partial charge in [0.1, 0.15) is 0 Å². The van der Waals surface area contributed by atoms with Gasteiger partial charge in [-0.3, -0.25) is 0 Å². The van der Waals surface area contributed by atoms with Gasteiger partial charge in [-0.1, -0.05) is 19.3 Å². The topological polar surface area (TPSA) is 83.6 Å². The Balaban J connectivity index is 2.72. The average Bonchev–Trinajstić information content (AvgIpc) is 2.27. The summed E-state index contributed by atoms with van der Waals surface area (Å²) in [6.07, 6.45) is 5.14. The van der Waals surface area contributed by atoms with Crippen LogP contribution in [0.1, 0.15) is 32.1 Å². The van der Waals surface area contributed by atoms with Crippen molar-refractivity contribution in [3.63, 3.8) is 0 Å². The molecule has 0 saturated heterocycles. The second-order valence-corrected chi connectivity index (χ2v) is 6.27. The van der Waals surface area contributed by atoms with E-state index >= 15 is 0 Å². The Labute approximate surface area is 97.7 Å². The first-order valence-corrected chi connectivity index (χ1v) is 7.53. The molecule has 1 aliphatic carbocycles. The van der Waals surface area contributed by atoms with E-state index in [1.54, 1.807) is 0 Å². The van der Waals surface area contributed by atoms with E-state index in [-0.39, 0.29) is 31.5 Å². The molecule has 0 aromatic rings. The van der Waals surface area contributed by atoms with Crippen molar-refractivity contribution in [1.82, 2.24) is 4.31 Å². The van der Waals surface area contributed by atoms with Crippen LogP contribution in [0.15, 0.2) is 0 Å². The summed E-state index contributed by atoms with van der Waals surface area (Å²) >= 11 is 0. The molecule has 1 saturated carbocycles. The SMILES string of the molecule is NCCS(=O)(=O)N(CCO)C1CCCCC1. The van der Waals surface area contributed by atoms with Crippen LogP contribution in [0.2, 0.25) is 0 Å². The molecule has 0 aromatic carbocycles. The van der Waals surface area contributed by atoms with Gasteiger partial charge in [-0.2, -0.15) is 4.31 Å². The van der Waals surface area contributed by atoms with Crippen molar-refractivity contribution in [3.05, 3.63) is 0 Å². The standard InChI is InChI=1S/C10H22N2O3S/c11-6-9-16(14,15)12(7-8-13)10-4-2-1-3-5-10/h10,13H,1-9,11H2. The molecular weight excluding hydrogens is 228 g/mol. The number of aliphatic hydroxyl groups is 1. The largest absolute Gasteiger partial charge is 0.395 e. The van der Waals surface area contributed by atoms with Crippen molar-refractivity contribution in [1.29, 1.82) is 0 Å². The lowest BCUT2D eigenvalue weighted by Gasteiger charge is -2.32. The van der Waals surface area contributed by atoms with Crippen molar-refractivity contribution in [3.8, 4) is 0 Å². The van der Waals surface area contributed by atoms with Gasteiger partial charge in [0.15, 0.2) is 0 Å². The molecule has 3 N–H and O–H groups in total. The molecule has 5 nitrogen and oxygen atoms in total. The van der Waals surface area contributed by atoms with Crippen molar-refractivity contribution >= 4 is 10.0 Å². The van der Waals surface area contributed by atoms with Crippen LogP contribution in [0.5, 0.6) is 0 Å². The molecule has 0 heterocycles. The van der Waals surface area contributed by atoms with E-state index in [0.717, 1.165) is 25.7 Å². The van der Waals surface area contributed by atoms with E-state index in [4.69, 9.17) is 10.8 Å². The summed E-state index contributed by atoms with van der Waals surface area (Å²) in [5.41, 5.74) is 5.31. The third-order valence-electron chi connectivity index (χ3n) is 3.04. The highest BCUT2D eigenvalue weighted by Gasteiger charge is 2.29. The van der Waals surface area contributed by atoms with Crippen LogP contribution in [0.25, 0.3) is 0 Å². The molecule has 0 amide bonds. The Morgan fingerprint density at radius 3 is 2.38 bits per heavy atom. The Kier molecular flexibility index (Phi) is 5.68. The fourth-order valence-corrected chi connectivity index (χ4v) is 3.84. The summed E-state index contributed by atoms with van der Waals surface area (Å²) in [6, 6.07) is 0.0671. The van der Waals surface area contributed by atoms with E-state index < -0.39 is 10.0 Å². The van der Waals surface area contributed by atoms with Crippen LogP contribution in [0.4, 0.5) is 0 Å². The van der Waals surface area contributed by atoms with Crippen LogP contribution in [-0.4, -0.2) is 49.3 Å². The molecule has 0 bridgehead atoms. The van der Waals surface area contributed by atoms with Gasteiger partial charge >= 0.3 is 0 Å². The molecule has 96 valence electrons. The summed E-state index contributed by atoms with van der Waals surface area (Å²) in [6.45, 7) is 0.213. The molecule has 16 heavy (non-hydrogen) atoms. The minimum atomic E-state index is -3.29. The van der Waals surface area contributed by atoms with E-state index in [0.29, 0.717) is 0 Å². The number of rotatable bonds is 6. The smallest absolute Gasteiger partial charge is 0.215 e. The van der Waals surface area contributed by atoms with Crippen LogP contribution in [0, 0.1) is 0 Å². The Morgan fingerprint density at radius 2 is 1.88 bits per heavy atom. The second kappa shape index (κ2) is 6.54. The molecule has 1 fully saturated rings. The van der Waals surface area contributed by atoms with E-state index in [2.05, 4.69) is 0 Å². The third kappa shape index (κ3) is 3.69. The van der Waals surface area contributed by atoms with Gasteiger partial charge < -0.3 is 10.8 Å². The maximum atomic E-state index is 12.0. The molecule has 0 radical (unpaired) electrons. The summed E-state index contributed by atoms with van der Waals surface area (Å²) in [5, 5.41) is 8.96. The lowest BCUT2D eigenvalue weighted by molar-refractivity contribution is 0.199. The zero-order chi connectivity index (χ0) is 12.0. The maximum absolute atomic E-state index is 12.0. The predicted octanol–water partition coefficient (Wildman–Crippen LogP) is -0.0981. The molecule has 0 spiro atoms. The quantitative estimate of drug-likeness (QED) is 0.689. The van der Waals surface area contributed by atoms with Crippen LogP contribution in [0.3, 0.4) is 0 Å². The normalized spacial score (nSPS) is 19.2. The third-order valence-corrected chi connectivity index (χ3v) is 4.98. The van der Waals surface area contributed by atoms with Gasteiger partial charge in [-0.05, 0) is 12.8 Å². The molecule has 6 heteroatoms. The summed E-state index contributed by atoms with van der Waals surface area (Å²) in [4.78, 5) is 0. The van der Waals surface area contributed by atoms with Crippen LogP contribution >= 0.6 is 0 Å². The zero-order valence-corrected chi connectivity index (χ0v) is 10.5. The number of nitrogens with zero attached hydrogens (tertiary/aromatic N) is 1. The van der Waals surface area contributed by atoms with Gasteiger partial charge in [-0.15, -0.1) is 0 Å². The highest BCUT2D eigenvalue weighted by molar-refractivity contribution is 7.89. The molecule has 1 aliphatic rings. The molecule has 0 aromatic heterocycles. The molecule has 1 rings (SSSR count). The number of sulfonamides is 1. The zero-order valence-electron chi connectivity index (χ0n) is 9.64. The Morgan fingerprint density at radius 1 is 1.25 bits per heavy atom. The maximum Gasteiger partial charge on any atom is 0.215 e. The summed E-state index contributed by atoms with van der Waals surface area (Å²) in [7, 11) is -3.29. The summed E-state index contributed by atoms with van der Waals surface area (Å²) < 4.78 is 25.4. The molecular formula is C10H22N2O3S. The highest BCUT2D eigenvalue weighted by atomic mass is 32.2. The van der Waals surface area contributed by atoms with Crippen LogP contribution < -0.4 is 5.73 Å². The van der Waals surface area contributed by atoms with Crippen LogP contribution in [-0.2, 0) is 10.0 Å². The molecule has 0 atom stereocenters. The van der Waals surface area contributed by atoms with E-state index in [9.17, 15) is 8.42 Å². The highest BCUT2D eigenvalue weighted by Crippen LogP contribution is 2.24. The monoisotopic (exact) mass is 250 g/mol. The van der Waals surface area contributed by atoms with E-state index in [1.165, 1.54) is 10.7 Å². The van der Waals surface area contributed by atoms with Gasteiger partial charge in [0.05, 0.1) is 12.4 Å². The second-order valence-electron chi connectivity index (χ2n) is 4.23. The van der Waals surface area contributed by atoms with Crippen molar-refractivity contribution in [2.75, 3.05) is 25.4 Å². The molecule has 0 unspecified atom stereocenters. The number of nitrogens with two attached hydrogens (primary N) is 1. The number of hydrogen-bond acceptors (Lipinski definition) is 4. The van der Waals surface area contributed by atoms with E-state index in [1.807, 2.05) is 0 Å². The van der Waals surface area contributed by atoms with Crippen molar-refractivity contribution < 1.29 is 13.5 Å². The predicted molar refractivity (Wildman–Crippen MR) is 63.5 cm³/mol.